The van der Waals surface area contributed by atoms with E-state index in [1.807, 2.05) is 37.2 Å². The van der Waals surface area contributed by atoms with E-state index in [9.17, 15) is 14.4 Å². The molecule has 1 saturated heterocycles. The number of hydrogen-bond acceptors (Lipinski definition) is 6. The molecule has 2 aromatic carbocycles. The third-order valence-corrected chi connectivity index (χ3v) is 7.12. The Hall–Kier alpha value is -4.18. The van der Waals surface area contributed by atoms with Gasteiger partial charge in [0.25, 0.3) is 11.8 Å². The SMILES string of the molecule is C=C(CN1Cc2c(-c3cc(C(=O)N4CCN(C)CC4)c4cnn(C)c4c3)ccc(N)c2C1=O)C(N)=O. The number of amides is 3. The summed E-state index contributed by atoms with van der Waals surface area (Å²) in [5, 5.41) is 5.18. The van der Waals surface area contributed by atoms with Gasteiger partial charge in [0.1, 0.15) is 0 Å². The first kappa shape index (κ1) is 23.6. The van der Waals surface area contributed by atoms with Crippen LogP contribution in [0.1, 0.15) is 26.3 Å². The van der Waals surface area contributed by atoms with E-state index in [2.05, 4.69) is 16.6 Å². The quantitative estimate of drug-likeness (QED) is 0.411. The lowest BCUT2D eigenvalue weighted by atomic mass is 9.93. The average molecular weight is 488 g/mol. The maximum absolute atomic E-state index is 13.6. The highest BCUT2D eigenvalue weighted by atomic mass is 16.2. The molecule has 0 spiro atoms. The van der Waals surface area contributed by atoms with Crippen molar-refractivity contribution in [2.75, 3.05) is 45.5 Å². The Morgan fingerprint density at radius 3 is 2.53 bits per heavy atom. The van der Waals surface area contributed by atoms with E-state index in [0.717, 1.165) is 40.7 Å². The fourth-order valence-electron chi connectivity index (χ4n) is 4.97. The van der Waals surface area contributed by atoms with Gasteiger partial charge in [-0.3, -0.25) is 19.1 Å². The van der Waals surface area contributed by atoms with Gasteiger partial charge < -0.3 is 26.2 Å². The zero-order chi connectivity index (χ0) is 25.7. The Labute approximate surface area is 208 Å². The number of carbonyl (C=O) groups is 3. The number of carbonyl (C=O) groups excluding carboxylic acids is 3. The molecule has 2 aliphatic heterocycles. The number of rotatable bonds is 5. The van der Waals surface area contributed by atoms with Gasteiger partial charge in [-0.05, 0) is 41.9 Å². The highest BCUT2D eigenvalue weighted by molar-refractivity contribution is 6.09. The van der Waals surface area contributed by atoms with Gasteiger partial charge in [-0.25, -0.2) is 0 Å². The molecule has 10 heteroatoms. The Morgan fingerprint density at radius 2 is 1.83 bits per heavy atom. The Kier molecular flexibility index (Phi) is 5.76. The number of likely N-dealkylation sites (N-methyl/N-ethyl adjacent to an activating group) is 1. The normalized spacial score (nSPS) is 16.0. The number of aromatic nitrogens is 2. The predicted octanol–water partition coefficient (Wildman–Crippen LogP) is 1.21. The summed E-state index contributed by atoms with van der Waals surface area (Å²) in [6.07, 6.45) is 1.72. The van der Waals surface area contributed by atoms with Crippen molar-refractivity contribution in [2.24, 2.45) is 12.8 Å². The Balaban J connectivity index is 1.60. The van der Waals surface area contributed by atoms with Crippen molar-refractivity contribution in [1.29, 1.82) is 0 Å². The van der Waals surface area contributed by atoms with E-state index >= 15 is 0 Å². The van der Waals surface area contributed by atoms with Crippen LogP contribution < -0.4 is 11.5 Å². The van der Waals surface area contributed by atoms with Crippen molar-refractivity contribution in [2.45, 2.75) is 6.54 Å². The van der Waals surface area contributed by atoms with Gasteiger partial charge in [0.15, 0.2) is 0 Å². The van der Waals surface area contributed by atoms with E-state index < -0.39 is 5.91 Å². The van der Waals surface area contributed by atoms with Crippen LogP contribution in [-0.4, -0.2) is 82.0 Å². The fourth-order valence-corrected chi connectivity index (χ4v) is 4.97. The van der Waals surface area contributed by atoms with Gasteiger partial charge in [-0.1, -0.05) is 12.6 Å². The van der Waals surface area contributed by atoms with Gasteiger partial charge in [0.2, 0.25) is 5.91 Å². The topological polar surface area (TPSA) is 131 Å². The maximum atomic E-state index is 13.6. The van der Waals surface area contributed by atoms with Gasteiger partial charge in [-0.2, -0.15) is 5.10 Å². The summed E-state index contributed by atoms with van der Waals surface area (Å²) in [7, 11) is 3.89. The lowest BCUT2D eigenvalue weighted by Crippen LogP contribution is -2.47. The molecule has 0 bridgehead atoms. The van der Waals surface area contributed by atoms with Crippen LogP contribution in [0.2, 0.25) is 0 Å². The molecule has 0 atom stereocenters. The summed E-state index contributed by atoms with van der Waals surface area (Å²) < 4.78 is 1.74. The molecule has 0 radical (unpaired) electrons. The molecule has 5 rings (SSSR count). The fraction of sp³-hybridized carbons (Fsp3) is 0.308. The molecule has 36 heavy (non-hydrogen) atoms. The van der Waals surface area contributed by atoms with E-state index in [0.29, 0.717) is 29.9 Å². The lowest BCUT2D eigenvalue weighted by molar-refractivity contribution is -0.114. The van der Waals surface area contributed by atoms with Crippen molar-refractivity contribution in [1.82, 2.24) is 24.5 Å². The number of piperazine rings is 1. The number of anilines is 1. The largest absolute Gasteiger partial charge is 0.398 e. The van der Waals surface area contributed by atoms with Gasteiger partial charge in [-0.15, -0.1) is 0 Å². The second kappa shape index (κ2) is 8.80. The first-order valence-electron chi connectivity index (χ1n) is 11.8. The minimum absolute atomic E-state index is 0.0234. The first-order valence-corrected chi connectivity index (χ1v) is 11.8. The number of nitrogens with two attached hydrogens (primary N) is 2. The highest BCUT2D eigenvalue weighted by Crippen LogP contribution is 2.38. The zero-order valence-corrected chi connectivity index (χ0v) is 20.5. The summed E-state index contributed by atoms with van der Waals surface area (Å²) in [5.41, 5.74) is 16.2. The molecular weight excluding hydrogens is 458 g/mol. The van der Waals surface area contributed by atoms with Gasteiger partial charge >= 0.3 is 0 Å². The molecule has 10 nitrogen and oxygen atoms in total. The Morgan fingerprint density at radius 1 is 1.11 bits per heavy atom. The summed E-state index contributed by atoms with van der Waals surface area (Å²) >= 11 is 0. The molecule has 0 unspecified atom stereocenters. The summed E-state index contributed by atoms with van der Waals surface area (Å²) in [6, 6.07) is 7.43. The van der Waals surface area contributed by atoms with Crippen LogP contribution in [0, 0.1) is 0 Å². The minimum Gasteiger partial charge on any atom is -0.398 e. The number of primary amides is 1. The molecule has 0 aliphatic carbocycles. The first-order chi connectivity index (χ1) is 17.2. The molecule has 186 valence electrons. The molecule has 3 aromatic rings. The third-order valence-electron chi connectivity index (χ3n) is 7.12. The van der Waals surface area contributed by atoms with E-state index in [-0.39, 0.29) is 30.5 Å². The van der Waals surface area contributed by atoms with Crippen molar-refractivity contribution in [3.05, 3.63) is 59.3 Å². The molecule has 1 fully saturated rings. The number of hydrogen-bond donors (Lipinski definition) is 2. The highest BCUT2D eigenvalue weighted by Gasteiger charge is 2.33. The van der Waals surface area contributed by atoms with Crippen molar-refractivity contribution in [3.8, 4) is 11.1 Å². The number of benzene rings is 2. The van der Waals surface area contributed by atoms with Gasteiger partial charge in [0.05, 0.1) is 29.4 Å². The standard InChI is InChI=1S/C26H29N7O3/c1-15(24(28)34)13-33-14-20-17(4-5-21(27)23(20)26(33)36)16-10-18(19-12-29-31(3)22(19)11-16)25(35)32-8-6-30(2)7-9-32/h4-5,10-12H,1,6-9,13-14,27H2,2-3H3,(H2,28,34). The van der Waals surface area contributed by atoms with E-state index in [4.69, 9.17) is 11.5 Å². The monoisotopic (exact) mass is 487 g/mol. The van der Waals surface area contributed by atoms with Crippen molar-refractivity contribution < 1.29 is 14.4 Å². The summed E-state index contributed by atoms with van der Waals surface area (Å²) in [5.74, 6) is -0.965. The Bertz CT molecular complexity index is 1430. The van der Waals surface area contributed by atoms with Crippen LogP contribution >= 0.6 is 0 Å². The van der Waals surface area contributed by atoms with Crippen LogP contribution in [0.3, 0.4) is 0 Å². The molecule has 1 aromatic heterocycles. The van der Waals surface area contributed by atoms with E-state index in [1.165, 1.54) is 4.90 Å². The molecule has 2 aliphatic rings. The van der Waals surface area contributed by atoms with Crippen molar-refractivity contribution in [3.63, 3.8) is 0 Å². The second-order valence-electron chi connectivity index (χ2n) is 9.51. The second-order valence-corrected chi connectivity index (χ2v) is 9.51. The van der Waals surface area contributed by atoms with Crippen LogP contribution in [-0.2, 0) is 18.4 Å². The average Bonchev–Trinajstić information content (AvgIpc) is 3.39. The number of nitrogens with zero attached hydrogens (tertiary/aromatic N) is 5. The van der Waals surface area contributed by atoms with Crippen LogP contribution in [0.4, 0.5) is 5.69 Å². The predicted molar refractivity (Wildman–Crippen MR) is 137 cm³/mol. The molecule has 0 saturated carbocycles. The zero-order valence-electron chi connectivity index (χ0n) is 20.5. The van der Waals surface area contributed by atoms with Crippen LogP contribution in [0.5, 0.6) is 0 Å². The maximum Gasteiger partial charge on any atom is 0.256 e. The smallest absolute Gasteiger partial charge is 0.256 e. The number of fused-ring (bicyclic) bond motifs is 2. The minimum atomic E-state index is -0.652. The molecule has 3 heterocycles. The van der Waals surface area contributed by atoms with Gasteiger partial charge in [0, 0.05) is 56.4 Å². The van der Waals surface area contributed by atoms with Crippen molar-refractivity contribution >= 4 is 34.3 Å². The van der Waals surface area contributed by atoms with E-state index in [1.54, 1.807) is 16.9 Å². The van der Waals surface area contributed by atoms with Crippen LogP contribution in [0.25, 0.3) is 22.0 Å². The third kappa shape index (κ3) is 3.89. The lowest BCUT2D eigenvalue weighted by Gasteiger charge is -2.32. The summed E-state index contributed by atoms with van der Waals surface area (Å²) in [4.78, 5) is 43.9. The molecule has 3 amide bonds. The molecule has 4 N–H and O–H groups in total. The van der Waals surface area contributed by atoms with Crippen LogP contribution in [0.15, 0.2) is 42.6 Å². The molecular formula is C26H29N7O3. The number of nitrogen functional groups attached to an aromatic ring is 1. The summed E-state index contributed by atoms with van der Waals surface area (Å²) in [6.45, 7) is 6.92. The number of aryl methyl sites for hydroxylation is 1.